The van der Waals surface area contributed by atoms with Gasteiger partial charge in [0.1, 0.15) is 5.75 Å². The Hall–Kier alpha value is -2.62. The maximum absolute atomic E-state index is 12.3. The summed E-state index contributed by atoms with van der Waals surface area (Å²) in [5.41, 5.74) is 2.56. The molecule has 0 aliphatic rings. The third-order valence-electron chi connectivity index (χ3n) is 8.32. The van der Waals surface area contributed by atoms with Crippen LogP contribution in [-0.4, -0.2) is 18.5 Å². The third-order valence-corrected chi connectivity index (χ3v) is 8.32. The number of benzene rings is 2. The molecule has 0 bridgehead atoms. The van der Waals surface area contributed by atoms with Crippen LogP contribution in [0.5, 0.6) is 5.75 Å². The molecule has 0 fully saturated rings. The van der Waals surface area contributed by atoms with Gasteiger partial charge in [-0.3, -0.25) is 4.79 Å². The van der Waals surface area contributed by atoms with Crippen molar-refractivity contribution in [2.75, 3.05) is 6.61 Å². The number of unbranched alkanes of at least 4 members (excludes halogenated alkanes) is 15. The highest BCUT2D eigenvalue weighted by atomic mass is 16.5. The minimum Gasteiger partial charge on any atom is -0.462 e. The number of ether oxygens (including phenoxy) is 2. The van der Waals surface area contributed by atoms with E-state index in [1.54, 1.807) is 12.1 Å². The Balaban J connectivity index is 1.52. The summed E-state index contributed by atoms with van der Waals surface area (Å²) < 4.78 is 10.9. The molecule has 0 aliphatic carbocycles. The van der Waals surface area contributed by atoms with Crippen LogP contribution in [0.4, 0.5) is 0 Å². The Morgan fingerprint density at radius 1 is 0.619 bits per heavy atom. The number of carbonyl (C=O) groups is 2. The van der Waals surface area contributed by atoms with Crippen molar-refractivity contribution < 1.29 is 19.1 Å². The molecule has 2 rings (SSSR count). The van der Waals surface area contributed by atoms with E-state index < -0.39 is 0 Å². The molecule has 2 aromatic carbocycles. The van der Waals surface area contributed by atoms with Crippen LogP contribution in [0.3, 0.4) is 0 Å². The van der Waals surface area contributed by atoms with Gasteiger partial charge in [0.05, 0.1) is 12.2 Å². The molecule has 4 nitrogen and oxygen atoms in total. The molecule has 42 heavy (non-hydrogen) atoms. The highest BCUT2D eigenvalue weighted by Gasteiger charge is 2.10. The Morgan fingerprint density at radius 2 is 1.07 bits per heavy atom. The van der Waals surface area contributed by atoms with Crippen molar-refractivity contribution in [3.8, 4) is 16.9 Å². The molecular formula is C38H58O4. The molecule has 4 heteroatoms. The van der Waals surface area contributed by atoms with Crippen LogP contribution in [0.2, 0.25) is 0 Å². The minimum absolute atomic E-state index is 0.163. The van der Waals surface area contributed by atoms with Crippen molar-refractivity contribution in [2.45, 2.75) is 143 Å². The van der Waals surface area contributed by atoms with Crippen LogP contribution in [0.25, 0.3) is 11.1 Å². The van der Waals surface area contributed by atoms with E-state index in [0.29, 0.717) is 30.3 Å². The van der Waals surface area contributed by atoms with Crippen molar-refractivity contribution in [1.82, 2.24) is 0 Å². The fourth-order valence-corrected chi connectivity index (χ4v) is 5.15. The predicted molar refractivity (Wildman–Crippen MR) is 176 cm³/mol. The summed E-state index contributed by atoms with van der Waals surface area (Å²) in [6, 6.07) is 15.0. The summed E-state index contributed by atoms with van der Waals surface area (Å²) in [7, 11) is 0. The quantitative estimate of drug-likeness (QED) is 0.0706. The van der Waals surface area contributed by atoms with E-state index in [-0.39, 0.29) is 11.9 Å². The van der Waals surface area contributed by atoms with Gasteiger partial charge >= 0.3 is 11.9 Å². The molecular weight excluding hydrogens is 520 g/mol. The summed E-state index contributed by atoms with van der Waals surface area (Å²) in [5, 5.41) is 0. The first kappa shape index (κ1) is 35.6. The van der Waals surface area contributed by atoms with Crippen molar-refractivity contribution in [2.24, 2.45) is 5.92 Å². The SMILES string of the molecule is CCCCCCCCCCCCCCCCCCC(=O)Oc1ccc(-c2ccc(C(=O)OCCC(C)CC)cc2)cc1. The fourth-order valence-electron chi connectivity index (χ4n) is 5.15. The molecule has 1 atom stereocenters. The van der Waals surface area contributed by atoms with Gasteiger partial charge in [0.15, 0.2) is 0 Å². The number of carbonyl (C=O) groups excluding carboxylic acids is 2. The van der Waals surface area contributed by atoms with Gasteiger partial charge in [-0.05, 0) is 54.2 Å². The average molecular weight is 579 g/mol. The van der Waals surface area contributed by atoms with Crippen LogP contribution in [0, 0.1) is 5.92 Å². The Kier molecular flexibility index (Phi) is 19.4. The van der Waals surface area contributed by atoms with Crippen molar-refractivity contribution in [3.05, 3.63) is 54.1 Å². The van der Waals surface area contributed by atoms with Gasteiger partial charge in [-0.25, -0.2) is 4.79 Å². The van der Waals surface area contributed by atoms with Crippen molar-refractivity contribution >= 4 is 11.9 Å². The number of hydrogen-bond donors (Lipinski definition) is 0. The van der Waals surface area contributed by atoms with Gasteiger partial charge in [-0.1, -0.05) is 148 Å². The molecule has 1 unspecified atom stereocenters. The molecule has 0 aliphatic heterocycles. The zero-order chi connectivity index (χ0) is 30.3. The van der Waals surface area contributed by atoms with Crippen LogP contribution >= 0.6 is 0 Å². The molecule has 234 valence electrons. The van der Waals surface area contributed by atoms with Crippen molar-refractivity contribution in [3.63, 3.8) is 0 Å². The Morgan fingerprint density at radius 3 is 1.55 bits per heavy atom. The van der Waals surface area contributed by atoms with E-state index in [2.05, 4.69) is 20.8 Å². The van der Waals surface area contributed by atoms with Crippen LogP contribution < -0.4 is 4.74 Å². The number of hydrogen-bond acceptors (Lipinski definition) is 4. The first-order valence-corrected chi connectivity index (χ1v) is 17.1. The first-order chi connectivity index (χ1) is 20.5. The molecule has 0 radical (unpaired) electrons. The van der Waals surface area contributed by atoms with E-state index in [1.807, 2.05) is 36.4 Å². The molecule has 0 N–H and O–H groups in total. The molecule has 0 amide bonds. The summed E-state index contributed by atoms with van der Waals surface area (Å²) in [6.45, 7) is 7.04. The molecule has 0 spiro atoms. The van der Waals surface area contributed by atoms with Crippen LogP contribution in [0.15, 0.2) is 48.5 Å². The lowest BCUT2D eigenvalue weighted by molar-refractivity contribution is -0.134. The highest BCUT2D eigenvalue weighted by Crippen LogP contribution is 2.24. The lowest BCUT2D eigenvalue weighted by Crippen LogP contribution is -2.08. The van der Waals surface area contributed by atoms with E-state index >= 15 is 0 Å². The number of rotatable bonds is 24. The Labute approximate surface area is 257 Å². The summed E-state index contributed by atoms with van der Waals surface area (Å²) >= 11 is 0. The average Bonchev–Trinajstić information content (AvgIpc) is 3.01. The fraction of sp³-hybridized carbons (Fsp3) is 0.632. The van der Waals surface area contributed by atoms with Crippen molar-refractivity contribution in [1.29, 1.82) is 0 Å². The van der Waals surface area contributed by atoms with Gasteiger partial charge < -0.3 is 9.47 Å². The summed E-state index contributed by atoms with van der Waals surface area (Å²) in [4.78, 5) is 24.5. The van der Waals surface area contributed by atoms with Gasteiger partial charge in [0.2, 0.25) is 0 Å². The molecule has 0 heterocycles. The highest BCUT2D eigenvalue weighted by molar-refractivity contribution is 5.90. The zero-order valence-electron chi connectivity index (χ0n) is 27.0. The summed E-state index contributed by atoms with van der Waals surface area (Å²) in [6.07, 6.45) is 23.6. The predicted octanol–water partition coefficient (Wildman–Crippen LogP) is 11.5. The second-order valence-electron chi connectivity index (χ2n) is 12.1. The summed E-state index contributed by atoms with van der Waals surface area (Å²) in [5.74, 6) is 0.684. The molecule has 0 saturated heterocycles. The van der Waals surface area contributed by atoms with Gasteiger partial charge in [-0.15, -0.1) is 0 Å². The lowest BCUT2D eigenvalue weighted by atomic mass is 10.0. The van der Waals surface area contributed by atoms with E-state index in [4.69, 9.17) is 9.47 Å². The topological polar surface area (TPSA) is 52.6 Å². The molecule has 0 aromatic heterocycles. The van der Waals surface area contributed by atoms with Gasteiger partial charge in [-0.2, -0.15) is 0 Å². The monoisotopic (exact) mass is 578 g/mol. The maximum Gasteiger partial charge on any atom is 0.338 e. The largest absolute Gasteiger partial charge is 0.462 e. The van der Waals surface area contributed by atoms with E-state index in [0.717, 1.165) is 36.8 Å². The second-order valence-corrected chi connectivity index (χ2v) is 12.1. The zero-order valence-corrected chi connectivity index (χ0v) is 27.0. The van der Waals surface area contributed by atoms with Gasteiger partial charge in [0, 0.05) is 6.42 Å². The normalized spacial score (nSPS) is 11.8. The standard InChI is InChI=1S/C38H58O4/c1-4-6-7-8-9-10-11-12-13-14-15-16-17-18-19-20-21-37(39)42-36-28-26-34(27-29-36)33-22-24-35(25-23-33)38(40)41-31-30-32(3)5-2/h22-29,32H,4-21,30-31H2,1-3H3. The lowest BCUT2D eigenvalue weighted by Gasteiger charge is -2.09. The third kappa shape index (κ3) is 16.1. The van der Waals surface area contributed by atoms with Crippen LogP contribution in [0.1, 0.15) is 153 Å². The van der Waals surface area contributed by atoms with E-state index in [1.165, 1.54) is 89.9 Å². The second kappa shape index (κ2) is 22.9. The maximum atomic E-state index is 12.3. The molecule has 0 saturated carbocycles. The number of esters is 2. The first-order valence-electron chi connectivity index (χ1n) is 17.1. The minimum atomic E-state index is -0.281. The van der Waals surface area contributed by atoms with E-state index in [9.17, 15) is 9.59 Å². The van der Waals surface area contributed by atoms with Gasteiger partial charge in [0.25, 0.3) is 0 Å². The Bertz CT molecular complexity index is 964. The van der Waals surface area contributed by atoms with Crippen LogP contribution in [-0.2, 0) is 9.53 Å². The molecule has 2 aromatic rings. The smallest absolute Gasteiger partial charge is 0.338 e.